The number of likely N-dealkylation sites (tertiary alicyclic amines) is 1. The number of anilines is 1. The van der Waals surface area contributed by atoms with Crippen molar-refractivity contribution >= 4 is 34.1 Å². The fourth-order valence-electron chi connectivity index (χ4n) is 4.28. The van der Waals surface area contributed by atoms with E-state index in [0.717, 1.165) is 18.8 Å². The van der Waals surface area contributed by atoms with Gasteiger partial charge in [-0.25, -0.2) is 4.39 Å². The number of pyridine rings is 1. The lowest BCUT2D eigenvalue weighted by Gasteiger charge is -2.26. The Kier molecular flexibility index (Phi) is 4.83. The van der Waals surface area contributed by atoms with E-state index < -0.39 is 0 Å². The van der Waals surface area contributed by atoms with Gasteiger partial charge in [-0.1, -0.05) is 11.6 Å². The molecule has 30 heavy (non-hydrogen) atoms. The fourth-order valence-corrected chi connectivity index (χ4v) is 4.41. The number of ether oxygens (including phenoxy) is 1. The first-order chi connectivity index (χ1) is 14.5. The first-order valence-corrected chi connectivity index (χ1v) is 10.4. The van der Waals surface area contributed by atoms with E-state index in [0.29, 0.717) is 33.5 Å². The highest BCUT2D eigenvalue weighted by Crippen LogP contribution is 2.49. The average Bonchev–Trinajstić information content (AvgIpc) is 3.17. The molecule has 1 amide bonds. The monoisotopic (exact) mass is 425 g/mol. The van der Waals surface area contributed by atoms with Crippen LogP contribution in [0.4, 0.5) is 10.1 Å². The van der Waals surface area contributed by atoms with Crippen molar-refractivity contribution in [2.45, 2.75) is 19.1 Å². The molecule has 1 saturated heterocycles. The summed E-state index contributed by atoms with van der Waals surface area (Å²) in [7, 11) is 0. The normalized spacial score (nSPS) is 23.8. The molecule has 2 heterocycles. The zero-order valence-electron chi connectivity index (χ0n) is 16.4. The first kappa shape index (κ1) is 19.3. The van der Waals surface area contributed by atoms with Crippen molar-refractivity contribution < 1.29 is 13.9 Å². The number of fused-ring (bicyclic) bond motifs is 2. The summed E-state index contributed by atoms with van der Waals surface area (Å²) in [6, 6.07) is 13.2. The molecule has 3 aromatic rings. The van der Waals surface area contributed by atoms with Crippen LogP contribution in [0.5, 0.6) is 5.75 Å². The van der Waals surface area contributed by atoms with E-state index in [4.69, 9.17) is 16.3 Å². The van der Waals surface area contributed by atoms with Crippen LogP contribution in [0.3, 0.4) is 0 Å². The summed E-state index contributed by atoms with van der Waals surface area (Å²) in [5.74, 6) is 1.09. The number of benzene rings is 2. The van der Waals surface area contributed by atoms with Crippen LogP contribution in [0.25, 0.3) is 10.9 Å². The van der Waals surface area contributed by atoms with Gasteiger partial charge in [-0.15, -0.1) is 0 Å². The zero-order chi connectivity index (χ0) is 20.8. The van der Waals surface area contributed by atoms with E-state index in [9.17, 15) is 9.18 Å². The van der Waals surface area contributed by atoms with E-state index in [-0.39, 0.29) is 23.9 Å². The van der Waals surface area contributed by atoms with Crippen LogP contribution in [-0.2, 0) is 4.79 Å². The number of halogens is 2. The molecule has 2 aromatic carbocycles. The maximum absolute atomic E-state index is 13.7. The Morgan fingerprint density at radius 2 is 1.93 bits per heavy atom. The van der Waals surface area contributed by atoms with Crippen molar-refractivity contribution in [1.29, 1.82) is 0 Å². The number of aromatic nitrogens is 1. The van der Waals surface area contributed by atoms with Crippen LogP contribution < -0.4 is 10.1 Å². The standard InChI is InChI=1S/C23H21ClFN3O2/c1-13(23(29)27-16-5-2-14(24)3-6-16)28-11-18-19(12-28)22(18)30-21-8-9-26-20-7-4-15(25)10-17(20)21/h2-10,13,18-19,22H,11-12H2,1H3,(H,27,29)/t13?,18-,19?,22?/m0/s1. The van der Waals surface area contributed by atoms with Crippen LogP contribution in [0.2, 0.25) is 5.02 Å². The Bertz CT molecular complexity index is 1100. The Balaban J connectivity index is 1.20. The molecule has 1 aliphatic carbocycles. The predicted octanol–water partition coefficient (Wildman–Crippen LogP) is 4.36. The first-order valence-electron chi connectivity index (χ1n) is 10.0. The second-order valence-corrected chi connectivity index (χ2v) is 8.44. The molecule has 154 valence electrons. The molecule has 7 heteroatoms. The molecular weight excluding hydrogens is 405 g/mol. The van der Waals surface area contributed by atoms with Crippen molar-refractivity contribution in [3.63, 3.8) is 0 Å². The molecule has 0 bridgehead atoms. The molecule has 3 unspecified atom stereocenters. The van der Waals surface area contributed by atoms with Crippen molar-refractivity contribution in [1.82, 2.24) is 9.88 Å². The van der Waals surface area contributed by atoms with Gasteiger partial charge in [0, 0.05) is 47.2 Å². The van der Waals surface area contributed by atoms with Crippen LogP contribution in [0.1, 0.15) is 6.92 Å². The number of hydrogen-bond donors (Lipinski definition) is 1. The number of nitrogens with zero attached hydrogens (tertiary/aromatic N) is 2. The summed E-state index contributed by atoms with van der Waals surface area (Å²) >= 11 is 5.89. The van der Waals surface area contributed by atoms with Gasteiger partial charge in [0.15, 0.2) is 0 Å². The smallest absolute Gasteiger partial charge is 0.241 e. The molecule has 2 aliphatic rings. The lowest BCUT2D eigenvalue weighted by Crippen LogP contribution is -2.42. The minimum Gasteiger partial charge on any atom is -0.489 e. The Morgan fingerprint density at radius 3 is 2.67 bits per heavy atom. The molecule has 1 saturated carbocycles. The second-order valence-electron chi connectivity index (χ2n) is 8.01. The van der Waals surface area contributed by atoms with E-state index in [1.807, 2.05) is 6.92 Å². The van der Waals surface area contributed by atoms with Gasteiger partial charge in [-0.2, -0.15) is 0 Å². The third kappa shape index (κ3) is 3.61. The highest BCUT2D eigenvalue weighted by Gasteiger charge is 2.59. The van der Waals surface area contributed by atoms with Gasteiger partial charge < -0.3 is 10.1 Å². The summed E-state index contributed by atoms with van der Waals surface area (Å²) in [4.78, 5) is 19.1. The maximum Gasteiger partial charge on any atom is 0.241 e. The SMILES string of the molecule is CC(C(=O)Nc1ccc(Cl)cc1)N1CC2C(Oc3ccnc4ccc(F)cc34)[C@H]2C1. The van der Waals surface area contributed by atoms with Crippen LogP contribution >= 0.6 is 11.6 Å². The summed E-state index contributed by atoms with van der Waals surface area (Å²) in [6.45, 7) is 3.54. The van der Waals surface area contributed by atoms with Gasteiger partial charge >= 0.3 is 0 Å². The predicted molar refractivity (Wildman–Crippen MR) is 114 cm³/mol. The van der Waals surface area contributed by atoms with Gasteiger partial charge in [-0.3, -0.25) is 14.7 Å². The summed E-state index contributed by atoms with van der Waals surface area (Å²) < 4.78 is 19.9. The highest BCUT2D eigenvalue weighted by molar-refractivity contribution is 6.30. The molecule has 0 spiro atoms. The minimum absolute atomic E-state index is 0.0355. The fraction of sp³-hybridized carbons (Fsp3) is 0.304. The van der Waals surface area contributed by atoms with Gasteiger partial charge in [0.05, 0.1) is 11.6 Å². The zero-order valence-corrected chi connectivity index (χ0v) is 17.1. The van der Waals surface area contributed by atoms with Crippen molar-refractivity contribution in [2.75, 3.05) is 18.4 Å². The highest BCUT2D eigenvalue weighted by atomic mass is 35.5. The summed E-state index contributed by atoms with van der Waals surface area (Å²) in [5, 5.41) is 4.26. The number of carbonyl (C=O) groups excluding carboxylic acids is 1. The van der Waals surface area contributed by atoms with Gasteiger partial charge in [0.2, 0.25) is 5.91 Å². The van der Waals surface area contributed by atoms with Gasteiger partial charge in [0.25, 0.3) is 0 Å². The lowest BCUT2D eigenvalue weighted by atomic mass is 10.2. The molecule has 1 aliphatic heterocycles. The molecule has 4 atom stereocenters. The van der Waals surface area contributed by atoms with Crippen LogP contribution in [-0.4, -0.2) is 41.0 Å². The number of rotatable bonds is 5. The van der Waals surface area contributed by atoms with Gasteiger partial charge in [-0.05, 0) is 55.5 Å². The molecule has 5 nitrogen and oxygen atoms in total. The Hall–Kier alpha value is -2.70. The quantitative estimate of drug-likeness (QED) is 0.659. The lowest BCUT2D eigenvalue weighted by molar-refractivity contribution is -0.120. The number of carbonyl (C=O) groups is 1. The molecular formula is C23H21ClFN3O2. The maximum atomic E-state index is 13.7. The summed E-state index contributed by atoms with van der Waals surface area (Å²) in [5.41, 5.74) is 1.45. The van der Waals surface area contributed by atoms with E-state index in [2.05, 4.69) is 15.2 Å². The average molecular weight is 426 g/mol. The molecule has 2 fully saturated rings. The number of nitrogens with one attached hydrogen (secondary N) is 1. The van der Waals surface area contributed by atoms with E-state index >= 15 is 0 Å². The van der Waals surface area contributed by atoms with Crippen molar-refractivity contribution in [3.05, 3.63) is 65.6 Å². The van der Waals surface area contributed by atoms with Gasteiger partial charge in [0.1, 0.15) is 17.7 Å². The Morgan fingerprint density at radius 1 is 1.20 bits per heavy atom. The van der Waals surface area contributed by atoms with E-state index in [1.165, 1.54) is 12.1 Å². The molecule has 5 rings (SSSR count). The minimum atomic E-state index is -0.303. The second kappa shape index (κ2) is 7.52. The largest absolute Gasteiger partial charge is 0.489 e. The van der Waals surface area contributed by atoms with Crippen LogP contribution in [0.15, 0.2) is 54.7 Å². The van der Waals surface area contributed by atoms with Crippen molar-refractivity contribution in [3.8, 4) is 5.75 Å². The third-order valence-electron chi connectivity index (χ3n) is 6.11. The molecule has 0 radical (unpaired) electrons. The number of hydrogen-bond acceptors (Lipinski definition) is 4. The third-order valence-corrected chi connectivity index (χ3v) is 6.36. The van der Waals surface area contributed by atoms with E-state index in [1.54, 1.807) is 42.6 Å². The van der Waals surface area contributed by atoms with Crippen molar-refractivity contribution in [2.24, 2.45) is 11.8 Å². The molecule has 1 aromatic heterocycles. The Labute approximate surface area is 178 Å². The summed E-state index contributed by atoms with van der Waals surface area (Å²) in [6.07, 6.45) is 1.78. The topological polar surface area (TPSA) is 54.5 Å². The van der Waals surface area contributed by atoms with Crippen LogP contribution in [0, 0.1) is 17.7 Å². The number of amides is 1. The molecule has 1 N–H and O–H groups in total. The number of piperidine rings is 1.